The second-order valence-corrected chi connectivity index (χ2v) is 7.84. The molecule has 1 aliphatic rings. The van der Waals surface area contributed by atoms with Crippen LogP contribution in [0.4, 0.5) is 10.1 Å². The van der Waals surface area contributed by atoms with Crippen molar-refractivity contribution in [3.63, 3.8) is 0 Å². The van der Waals surface area contributed by atoms with Crippen molar-refractivity contribution in [2.45, 2.75) is 19.4 Å². The molecule has 0 fully saturated rings. The molecule has 6 nitrogen and oxygen atoms in total. The van der Waals surface area contributed by atoms with Gasteiger partial charge in [0, 0.05) is 5.69 Å². The van der Waals surface area contributed by atoms with Gasteiger partial charge in [0.1, 0.15) is 11.4 Å². The Morgan fingerprint density at radius 3 is 2.52 bits per heavy atom. The first-order valence-electron chi connectivity index (χ1n) is 10.5. The summed E-state index contributed by atoms with van der Waals surface area (Å²) < 4.78 is 25.0. The number of carbonyl (C=O) groups excluding carboxylic acids is 1. The lowest BCUT2D eigenvalue weighted by molar-refractivity contribution is 0.0971. The van der Waals surface area contributed by atoms with Gasteiger partial charge in [-0.05, 0) is 60.0 Å². The first-order valence-corrected chi connectivity index (χ1v) is 10.5. The van der Waals surface area contributed by atoms with Crippen LogP contribution in [0.25, 0.3) is 11.0 Å². The highest BCUT2D eigenvalue weighted by molar-refractivity contribution is 6.10. The summed E-state index contributed by atoms with van der Waals surface area (Å²) in [5.41, 5.74) is 1.99. The van der Waals surface area contributed by atoms with Crippen molar-refractivity contribution in [3.05, 3.63) is 99.2 Å². The lowest BCUT2D eigenvalue weighted by Gasteiger charge is -2.25. The van der Waals surface area contributed by atoms with Crippen LogP contribution in [-0.2, 0) is 6.42 Å². The second-order valence-electron chi connectivity index (χ2n) is 7.84. The lowest BCUT2D eigenvalue weighted by Crippen LogP contribution is -2.29. The zero-order valence-electron chi connectivity index (χ0n) is 18.0. The van der Waals surface area contributed by atoms with E-state index in [9.17, 15) is 19.1 Å². The Morgan fingerprint density at radius 2 is 1.82 bits per heavy atom. The van der Waals surface area contributed by atoms with E-state index in [1.54, 1.807) is 12.1 Å². The highest BCUT2D eigenvalue weighted by Gasteiger charge is 2.44. The van der Waals surface area contributed by atoms with Crippen LogP contribution in [0.5, 0.6) is 11.5 Å². The van der Waals surface area contributed by atoms with Gasteiger partial charge in [-0.2, -0.15) is 0 Å². The average Bonchev–Trinajstić information content (AvgIpc) is 3.12. The Kier molecular flexibility index (Phi) is 4.89. The van der Waals surface area contributed by atoms with E-state index >= 15 is 0 Å². The van der Waals surface area contributed by atoms with Gasteiger partial charge in [0.05, 0.1) is 24.1 Å². The van der Waals surface area contributed by atoms with Crippen LogP contribution in [0.1, 0.15) is 40.2 Å². The van der Waals surface area contributed by atoms with E-state index in [2.05, 4.69) is 0 Å². The Morgan fingerprint density at radius 1 is 1.06 bits per heavy atom. The number of aryl methyl sites for hydroxylation is 1. The number of carbonyl (C=O) groups is 1. The Bertz CT molecular complexity index is 1460. The number of anilines is 1. The number of phenolic OH excluding ortho intramolecular Hbond substituents is 1. The molecule has 1 atom stereocenters. The van der Waals surface area contributed by atoms with Crippen molar-refractivity contribution in [2.24, 2.45) is 0 Å². The number of hydrogen-bond donors (Lipinski definition) is 1. The maximum Gasteiger partial charge on any atom is 0.295 e. The Labute approximate surface area is 188 Å². The molecule has 1 aliphatic heterocycles. The summed E-state index contributed by atoms with van der Waals surface area (Å²) in [4.78, 5) is 28.6. The summed E-state index contributed by atoms with van der Waals surface area (Å²) in [6.07, 6.45) is 0.837. The van der Waals surface area contributed by atoms with Gasteiger partial charge in [0.25, 0.3) is 5.91 Å². The molecule has 4 aromatic rings. The third-order valence-corrected chi connectivity index (χ3v) is 5.97. The van der Waals surface area contributed by atoms with E-state index in [0.717, 1.165) is 18.1 Å². The molecule has 1 unspecified atom stereocenters. The van der Waals surface area contributed by atoms with Crippen LogP contribution in [0, 0.1) is 5.82 Å². The number of fused-ring (bicyclic) bond motifs is 2. The fourth-order valence-electron chi connectivity index (χ4n) is 4.28. The van der Waals surface area contributed by atoms with Gasteiger partial charge in [0.15, 0.2) is 16.9 Å². The zero-order valence-corrected chi connectivity index (χ0v) is 18.0. The van der Waals surface area contributed by atoms with Crippen LogP contribution in [0.2, 0.25) is 0 Å². The largest absolute Gasteiger partial charge is 0.504 e. The maximum atomic E-state index is 13.9. The minimum atomic E-state index is -0.849. The summed E-state index contributed by atoms with van der Waals surface area (Å²) in [5.74, 6) is -1.01. The van der Waals surface area contributed by atoms with Crippen molar-refractivity contribution in [1.29, 1.82) is 0 Å². The lowest BCUT2D eigenvalue weighted by atomic mass is 9.97. The molecule has 5 rings (SSSR count). The molecule has 33 heavy (non-hydrogen) atoms. The van der Waals surface area contributed by atoms with E-state index in [0.29, 0.717) is 11.3 Å². The normalized spacial score (nSPS) is 15.2. The number of aromatic hydroxyl groups is 1. The number of methoxy groups -OCH3 is 1. The van der Waals surface area contributed by atoms with Gasteiger partial charge in [-0.25, -0.2) is 4.39 Å². The molecule has 0 bridgehead atoms. The molecule has 1 aromatic heterocycles. The molecular formula is C26H20FNO5. The molecule has 3 aromatic carbocycles. The molecule has 166 valence electrons. The van der Waals surface area contributed by atoms with Gasteiger partial charge in [-0.15, -0.1) is 0 Å². The average molecular weight is 445 g/mol. The standard InChI is InChI=1S/C26H20FNO5/c1-3-14-4-8-17(9-5-14)28-23(15-6-10-19(29)21(12-15)32-2)22-24(30)18-13-16(27)7-11-20(18)33-25(22)26(28)31/h4-13,23,29H,3H2,1-2H3. The zero-order chi connectivity index (χ0) is 23.3. The molecule has 0 radical (unpaired) electrons. The summed E-state index contributed by atoms with van der Waals surface area (Å²) >= 11 is 0. The van der Waals surface area contributed by atoms with Crippen LogP contribution in [0.15, 0.2) is 69.9 Å². The van der Waals surface area contributed by atoms with E-state index in [1.165, 1.54) is 30.2 Å². The molecule has 0 saturated carbocycles. The van der Waals surface area contributed by atoms with E-state index in [1.807, 2.05) is 31.2 Å². The van der Waals surface area contributed by atoms with Crippen molar-refractivity contribution in [1.82, 2.24) is 0 Å². The van der Waals surface area contributed by atoms with E-state index in [-0.39, 0.29) is 33.8 Å². The predicted molar refractivity (Wildman–Crippen MR) is 122 cm³/mol. The Balaban J connectivity index is 1.80. The van der Waals surface area contributed by atoms with Gasteiger partial charge in [0.2, 0.25) is 5.76 Å². The number of phenols is 1. The van der Waals surface area contributed by atoms with Crippen molar-refractivity contribution in [3.8, 4) is 11.5 Å². The van der Waals surface area contributed by atoms with Crippen molar-refractivity contribution >= 4 is 22.6 Å². The van der Waals surface area contributed by atoms with E-state index in [4.69, 9.17) is 9.15 Å². The van der Waals surface area contributed by atoms with Gasteiger partial charge >= 0.3 is 0 Å². The van der Waals surface area contributed by atoms with Crippen molar-refractivity contribution < 1.29 is 23.4 Å². The minimum Gasteiger partial charge on any atom is -0.504 e. The maximum absolute atomic E-state index is 13.9. The third-order valence-electron chi connectivity index (χ3n) is 5.97. The third kappa shape index (κ3) is 3.24. The number of benzene rings is 3. The fraction of sp³-hybridized carbons (Fsp3) is 0.154. The summed E-state index contributed by atoms with van der Waals surface area (Å²) in [7, 11) is 1.42. The number of amides is 1. The topological polar surface area (TPSA) is 80.0 Å². The number of ether oxygens (including phenoxy) is 1. The van der Waals surface area contributed by atoms with Crippen LogP contribution in [0.3, 0.4) is 0 Å². The first-order chi connectivity index (χ1) is 15.9. The van der Waals surface area contributed by atoms with Gasteiger partial charge < -0.3 is 14.3 Å². The quantitative estimate of drug-likeness (QED) is 0.480. The number of nitrogens with zero attached hydrogens (tertiary/aromatic N) is 1. The molecule has 0 saturated heterocycles. The van der Waals surface area contributed by atoms with Gasteiger partial charge in [-0.3, -0.25) is 14.5 Å². The number of halogens is 1. The minimum absolute atomic E-state index is 0.0560. The summed E-state index contributed by atoms with van der Waals surface area (Å²) in [5, 5.41) is 10.1. The summed E-state index contributed by atoms with van der Waals surface area (Å²) in [6.45, 7) is 2.03. The highest BCUT2D eigenvalue weighted by atomic mass is 19.1. The van der Waals surface area contributed by atoms with E-state index < -0.39 is 23.2 Å². The summed E-state index contributed by atoms with van der Waals surface area (Å²) in [6, 6.07) is 14.9. The number of hydrogen-bond acceptors (Lipinski definition) is 5. The van der Waals surface area contributed by atoms with Crippen LogP contribution >= 0.6 is 0 Å². The molecular weight excluding hydrogens is 425 g/mol. The van der Waals surface area contributed by atoms with Crippen LogP contribution < -0.4 is 15.1 Å². The van der Waals surface area contributed by atoms with Crippen LogP contribution in [-0.4, -0.2) is 18.1 Å². The predicted octanol–water partition coefficient (Wildman–Crippen LogP) is 4.96. The monoisotopic (exact) mass is 445 g/mol. The molecule has 1 N–H and O–H groups in total. The molecule has 2 heterocycles. The molecule has 0 spiro atoms. The SMILES string of the molecule is CCc1ccc(N2C(=O)c3oc4ccc(F)cc4c(=O)c3C2c2ccc(O)c(OC)c2)cc1. The molecule has 7 heteroatoms. The van der Waals surface area contributed by atoms with Crippen molar-refractivity contribution in [2.75, 3.05) is 12.0 Å². The molecule has 0 aliphatic carbocycles. The first kappa shape index (κ1) is 20.8. The Hall–Kier alpha value is -4.13. The number of rotatable bonds is 4. The molecule has 1 amide bonds. The second kappa shape index (κ2) is 7.78. The smallest absolute Gasteiger partial charge is 0.295 e. The fourth-order valence-corrected chi connectivity index (χ4v) is 4.28. The highest BCUT2D eigenvalue weighted by Crippen LogP contribution is 2.43. The van der Waals surface area contributed by atoms with Gasteiger partial charge in [-0.1, -0.05) is 25.1 Å².